The molecule has 0 amide bonds. The van der Waals surface area contributed by atoms with Gasteiger partial charge in [0, 0.05) is 0 Å². The minimum absolute atomic E-state index is 0.0388. The smallest absolute Gasteiger partial charge is 0.308 e. The molecule has 0 spiro atoms. The van der Waals surface area contributed by atoms with Gasteiger partial charge in [0.15, 0.2) is 0 Å². The second-order valence-electron chi connectivity index (χ2n) is 6.53. The summed E-state index contributed by atoms with van der Waals surface area (Å²) in [4.78, 5) is 19.5. The van der Waals surface area contributed by atoms with E-state index in [1.165, 1.54) is 41.4 Å². The van der Waals surface area contributed by atoms with Gasteiger partial charge in [0.1, 0.15) is 12.1 Å². The zero-order valence-corrected chi connectivity index (χ0v) is 15.5. The summed E-state index contributed by atoms with van der Waals surface area (Å²) < 4.78 is 19.7. The van der Waals surface area contributed by atoms with Crippen LogP contribution in [0.5, 0.6) is 5.88 Å². The summed E-state index contributed by atoms with van der Waals surface area (Å²) in [6, 6.07) is 6.01. The second-order valence-corrected chi connectivity index (χ2v) is 7.54. The molecule has 1 fully saturated rings. The van der Waals surface area contributed by atoms with Crippen molar-refractivity contribution in [1.82, 2.24) is 19.5 Å². The zero-order valence-electron chi connectivity index (χ0n) is 14.7. The van der Waals surface area contributed by atoms with Crippen molar-refractivity contribution in [3.05, 3.63) is 46.9 Å². The molecule has 0 radical (unpaired) electrons. The molecule has 1 aromatic carbocycles. The number of carbonyl (C=O) groups excluding carboxylic acids is 1. The molecule has 27 heavy (non-hydrogen) atoms. The third kappa shape index (κ3) is 3.28. The molecule has 0 unspecified atom stereocenters. The van der Waals surface area contributed by atoms with Gasteiger partial charge < -0.3 is 9.84 Å². The van der Waals surface area contributed by atoms with Crippen LogP contribution in [-0.2, 0) is 9.53 Å². The van der Waals surface area contributed by atoms with Gasteiger partial charge in [0.25, 0.3) is 0 Å². The highest BCUT2D eigenvalue weighted by atomic mass is 32.1. The lowest BCUT2D eigenvalue weighted by Gasteiger charge is -2.36. The van der Waals surface area contributed by atoms with Crippen LogP contribution in [0.2, 0.25) is 0 Å². The highest BCUT2D eigenvalue weighted by Crippen LogP contribution is 2.41. The molecule has 3 heterocycles. The Morgan fingerprint density at radius 1 is 1.33 bits per heavy atom. The lowest BCUT2D eigenvalue weighted by Crippen LogP contribution is -2.39. The van der Waals surface area contributed by atoms with Crippen LogP contribution in [-0.4, -0.2) is 50.8 Å². The summed E-state index contributed by atoms with van der Waals surface area (Å²) in [5.74, 6) is -0.573. The summed E-state index contributed by atoms with van der Waals surface area (Å²) in [7, 11) is 1.41. The SMILES string of the molecule is COC(=O)C1CCN([C@@H](c2ccc(F)cc2)c2sc3ncnn3c2O)CC1. The molecular weight excluding hydrogens is 371 g/mol. The summed E-state index contributed by atoms with van der Waals surface area (Å²) in [5.41, 5.74) is 0.868. The van der Waals surface area contributed by atoms with E-state index in [0.717, 1.165) is 5.56 Å². The Kier molecular flexibility index (Phi) is 4.79. The molecule has 7 nitrogen and oxygen atoms in total. The van der Waals surface area contributed by atoms with Gasteiger partial charge in [-0.2, -0.15) is 9.61 Å². The number of aromatic nitrogens is 3. The number of hydrogen-bond donors (Lipinski definition) is 1. The average molecular weight is 390 g/mol. The number of aromatic hydroxyl groups is 1. The third-order valence-corrected chi connectivity index (χ3v) is 6.09. The van der Waals surface area contributed by atoms with Gasteiger partial charge in [0.2, 0.25) is 10.8 Å². The maximum Gasteiger partial charge on any atom is 0.308 e. The van der Waals surface area contributed by atoms with Crippen molar-refractivity contribution in [2.24, 2.45) is 5.92 Å². The number of esters is 1. The minimum atomic E-state index is -0.311. The maximum absolute atomic E-state index is 13.4. The molecule has 0 bridgehead atoms. The second kappa shape index (κ2) is 7.24. The van der Waals surface area contributed by atoms with Crippen molar-refractivity contribution in [3.8, 4) is 5.88 Å². The van der Waals surface area contributed by atoms with Crippen LogP contribution in [0.3, 0.4) is 0 Å². The highest BCUT2D eigenvalue weighted by Gasteiger charge is 2.33. The predicted molar refractivity (Wildman–Crippen MR) is 97.1 cm³/mol. The Morgan fingerprint density at radius 2 is 2.04 bits per heavy atom. The van der Waals surface area contributed by atoms with E-state index in [9.17, 15) is 14.3 Å². The van der Waals surface area contributed by atoms with E-state index in [2.05, 4.69) is 15.0 Å². The van der Waals surface area contributed by atoms with Gasteiger partial charge in [-0.05, 0) is 43.6 Å². The number of nitrogens with zero attached hydrogens (tertiary/aromatic N) is 4. The Hall–Kier alpha value is -2.52. The number of fused-ring (bicyclic) bond motifs is 1. The summed E-state index contributed by atoms with van der Waals surface area (Å²) in [6.07, 6.45) is 2.74. The quantitative estimate of drug-likeness (QED) is 0.690. The number of piperidine rings is 1. The molecule has 2 aromatic heterocycles. The maximum atomic E-state index is 13.4. The summed E-state index contributed by atoms with van der Waals surface area (Å²) in [6.45, 7) is 1.32. The van der Waals surface area contributed by atoms with Gasteiger partial charge in [-0.1, -0.05) is 23.5 Å². The lowest BCUT2D eigenvalue weighted by molar-refractivity contribution is -0.147. The molecule has 1 N–H and O–H groups in total. The van der Waals surface area contributed by atoms with Crippen LogP contribution in [0.15, 0.2) is 30.6 Å². The lowest BCUT2D eigenvalue weighted by atomic mass is 9.93. The number of methoxy groups -OCH3 is 1. The first-order chi connectivity index (χ1) is 13.1. The molecule has 0 saturated carbocycles. The summed E-state index contributed by atoms with van der Waals surface area (Å²) >= 11 is 1.36. The molecule has 0 aliphatic carbocycles. The number of thiazole rings is 1. The van der Waals surface area contributed by atoms with E-state index in [1.54, 1.807) is 12.1 Å². The molecule has 1 atom stereocenters. The number of benzene rings is 1. The number of hydrogen-bond acceptors (Lipinski definition) is 7. The Bertz CT molecular complexity index is 947. The van der Waals surface area contributed by atoms with Gasteiger partial charge in [-0.25, -0.2) is 9.37 Å². The van der Waals surface area contributed by atoms with Crippen molar-refractivity contribution in [3.63, 3.8) is 0 Å². The van der Waals surface area contributed by atoms with Crippen LogP contribution in [0.4, 0.5) is 4.39 Å². The largest absolute Gasteiger partial charge is 0.492 e. The van der Waals surface area contributed by atoms with E-state index in [4.69, 9.17) is 4.74 Å². The Labute approximate surface area is 159 Å². The molecule has 142 valence electrons. The number of ether oxygens (including phenoxy) is 1. The molecule has 3 aromatic rings. The van der Waals surface area contributed by atoms with Gasteiger partial charge in [-0.3, -0.25) is 9.69 Å². The number of carbonyl (C=O) groups is 1. The van der Waals surface area contributed by atoms with Crippen molar-refractivity contribution >= 4 is 22.3 Å². The van der Waals surface area contributed by atoms with Crippen molar-refractivity contribution in [2.75, 3.05) is 20.2 Å². The van der Waals surface area contributed by atoms with E-state index < -0.39 is 0 Å². The van der Waals surface area contributed by atoms with Gasteiger partial charge >= 0.3 is 5.97 Å². The van der Waals surface area contributed by atoms with E-state index in [0.29, 0.717) is 35.8 Å². The van der Waals surface area contributed by atoms with Crippen LogP contribution < -0.4 is 0 Å². The first-order valence-electron chi connectivity index (χ1n) is 8.67. The average Bonchev–Trinajstić information content (AvgIpc) is 3.27. The fourth-order valence-corrected chi connectivity index (χ4v) is 4.70. The molecule has 4 rings (SSSR count). The summed E-state index contributed by atoms with van der Waals surface area (Å²) in [5, 5.41) is 14.7. The van der Waals surface area contributed by atoms with E-state index in [1.807, 2.05) is 0 Å². The monoisotopic (exact) mass is 390 g/mol. The first-order valence-corrected chi connectivity index (χ1v) is 9.49. The fourth-order valence-electron chi connectivity index (χ4n) is 3.61. The predicted octanol–water partition coefficient (Wildman–Crippen LogP) is 2.61. The standard InChI is InChI=1S/C18H19FN4O3S/c1-26-17(25)12-6-8-22(9-7-12)14(11-2-4-13(19)5-3-11)15-16(24)23-18(27-15)20-10-21-23/h2-5,10,12,14,24H,6-9H2,1H3/t14-/m0/s1. The van der Waals surface area contributed by atoms with Crippen LogP contribution in [0, 0.1) is 11.7 Å². The third-order valence-electron chi connectivity index (χ3n) is 5.00. The first kappa shape index (κ1) is 17.9. The Balaban J connectivity index is 1.69. The molecule has 9 heteroatoms. The van der Waals surface area contributed by atoms with Crippen molar-refractivity contribution in [1.29, 1.82) is 0 Å². The fraction of sp³-hybridized carbons (Fsp3) is 0.389. The van der Waals surface area contributed by atoms with Crippen molar-refractivity contribution in [2.45, 2.75) is 18.9 Å². The Morgan fingerprint density at radius 3 is 2.67 bits per heavy atom. The van der Waals surface area contributed by atoms with Crippen molar-refractivity contribution < 1.29 is 19.0 Å². The van der Waals surface area contributed by atoms with Crippen LogP contribution in [0.25, 0.3) is 4.96 Å². The zero-order chi connectivity index (χ0) is 19.0. The van der Waals surface area contributed by atoms with Crippen LogP contribution in [0.1, 0.15) is 29.3 Å². The number of halogens is 1. The topological polar surface area (TPSA) is 80.0 Å². The molecule has 1 saturated heterocycles. The van der Waals surface area contributed by atoms with Gasteiger partial charge in [-0.15, -0.1) is 0 Å². The van der Waals surface area contributed by atoms with E-state index in [-0.39, 0.29) is 29.6 Å². The van der Waals surface area contributed by atoms with Crippen LogP contribution >= 0.6 is 11.3 Å². The number of likely N-dealkylation sites (tertiary alicyclic amines) is 1. The van der Waals surface area contributed by atoms with E-state index >= 15 is 0 Å². The minimum Gasteiger partial charge on any atom is -0.492 e. The van der Waals surface area contributed by atoms with Gasteiger partial charge in [0.05, 0.1) is 23.9 Å². The number of rotatable bonds is 4. The molecular formula is C18H19FN4O3S. The molecule has 1 aliphatic rings. The molecule has 1 aliphatic heterocycles. The highest BCUT2D eigenvalue weighted by molar-refractivity contribution is 7.17. The normalized spacial score (nSPS) is 17.3.